The summed E-state index contributed by atoms with van der Waals surface area (Å²) < 4.78 is 4.73. The van der Waals surface area contributed by atoms with Gasteiger partial charge in [-0.05, 0) is 6.42 Å². The molecule has 1 atom stereocenters. The molecular formula is C15H29NO3. The van der Waals surface area contributed by atoms with Gasteiger partial charge in [-0.15, -0.1) is 0 Å². The molecule has 19 heavy (non-hydrogen) atoms. The first-order chi connectivity index (χ1) is 9.02. The zero-order valence-electron chi connectivity index (χ0n) is 12.8. The van der Waals surface area contributed by atoms with Crippen molar-refractivity contribution >= 4 is 11.9 Å². The molecule has 0 radical (unpaired) electrons. The predicted octanol–water partition coefficient (Wildman–Crippen LogP) is 3.05. The van der Waals surface area contributed by atoms with Gasteiger partial charge in [0.15, 0.2) is 0 Å². The second-order valence-electron chi connectivity index (χ2n) is 5.30. The zero-order valence-corrected chi connectivity index (χ0v) is 12.8. The second kappa shape index (κ2) is 10.8. The Bertz CT molecular complexity index is 264. The van der Waals surface area contributed by atoms with E-state index in [4.69, 9.17) is 4.74 Å². The Hall–Kier alpha value is -1.06. The van der Waals surface area contributed by atoms with Gasteiger partial charge >= 0.3 is 5.97 Å². The SMILES string of the molecule is CCCCCCCC[C@@H](NC(=O)C(C)C)C(=O)OC. The summed E-state index contributed by atoms with van der Waals surface area (Å²) in [6.07, 6.45) is 7.65. The second-order valence-corrected chi connectivity index (χ2v) is 5.30. The molecule has 0 aliphatic carbocycles. The number of unbranched alkanes of at least 4 members (excludes halogenated alkanes) is 5. The van der Waals surface area contributed by atoms with Crippen LogP contribution >= 0.6 is 0 Å². The number of ether oxygens (including phenoxy) is 1. The van der Waals surface area contributed by atoms with Gasteiger partial charge in [-0.2, -0.15) is 0 Å². The maximum atomic E-state index is 11.6. The molecule has 4 heteroatoms. The number of amides is 1. The van der Waals surface area contributed by atoms with Gasteiger partial charge in [0.05, 0.1) is 7.11 Å². The highest BCUT2D eigenvalue weighted by Crippen LogP contribution is 2.10. The summed E-state index contributed by atoms with van der Waals surface area (Å²) in [5, 5.41) is 2.76. The monoisotopic (exact) mass is 271 g/mol. The third kappa shape index (κ3) is 8.62. The molecule has 1 amide bonds. The molecule has 0 aromatic heterocycles. The first-order valence-corrected chi connectivity index (χ1v) is 7.41. The molecule has 112 valence electrons. The predicted molar refractivity (Wildman–Crippen MR) is 76.8 cm³/mol. The minimum atomic E-state index is -0.494. The van der Waals surface area contributed by atoms with Gasteiger partial charge < -0.3 is 10.1 Å². The Labute approximate surface area is 117 Å². The number of nitrogens with one attached hydrogen (secondary N) is 1. The highest BCUT2D eigenvalue weighted by Gasteiger charge is 2.21. The standard InChI is InChI=1S/C15H29NO3/c1-5-6-7-8-9-10-11-13(15(18)19-4)16-14(17)12(2)3/h12-13H,5-11H2,1-4H3,(H,16,17)/t13-/m1/s1. The van der Waals surface area contributed by atoms with Gasteiger partial charge in [0.2, 0.25) is 5.91 Å². The van der Waals surface area contributed by atoms with Crippen molar-refractivity contribution in [2.24, 2.45) is 5.92 Å². The van der Waals surface area contributed by atoms with E-state index < -0.39 is 6.04 Å². The molecule has 0 aliphatic heterocycles. The van der Waals surface area contributed by atoms with E-state index in [1.54, 1.807) is 0 Å². The number of esters is 1. The fourth-order valence-electron chi connectivity index (χ4n) is 1.86. The van der Waals surface area contributed by atoms with Crippen LogP contribution in [0.1, 0.15) is 65.7 Å². The van der Waals surface area contributed by atoms with Gasteiger partial charge in [0, 0.05) is 5.92 Å². The summed E-state index contributed by atoms with van der Waals surface area (Å²) >= 11 is 0. The molecular weight excluding hydrogens is 242 g/mol. The highest BCUT2D eigenvalue weighted by atomic mass is 16.5. The molecule has 0 aromatic carbocycles. The molecule has 0 saturated carbocycles. The fourth-order valence-corrected chi connectivity index (χ4v) is 1.86. The van der Waals surface area contributed by atoms with E-state index in [2.05, 4.69) is 12.2 Å². The van der Waals surface area contributed by atoms with Crippen LogP contribution in [0.15, 0.2) is 0 Å². The van der Waals surface area contributed by atoms with Gasteiger partial charge in [0.1, 0.15) is 6.04 Å². The molecule has 0 aromatic rings. The summed E-state index contributed by atoms with van der Waals surface area (Å²) in [4.78, 5) is 23.2. The lowest BCUT2D eigenvalue weighted by atomic mass is 10.0. The molecule has 4 nitrogen and oxygen atoms in total. The fraction of sp³-hybridized carbons (Fsp3) is 0.867. The van der Waals surface area contributed by atoms with Crippen LogP contribution in [0.5, 0.6) is 0 Å². The van der Waals surface area contributed by atoms with E-state index in [1.807, 2.05) is 13.8 Å². The van der Waals surface area contributed by atoms with Crippen molar-refractivity contribution in [1.29, 1.82) is 0 Å². The molecule has 0 spiro atoms. The smallest absolute Gasteiger partial charge is 0.328 e. The number of rotatable bonds is 10. The van der Waals surface area contributed by atoms with Crippen LogP contribution in [0.3, 0.4) is 0 Å². The number of carbonyl (C=O) groups excluding carboxylic acids is 2. The first kappa shape index (κ1) is 17.9. The molecule has 0 rings (SSSR count). The normalized spacial score (nSPS) is 12.3. The third-order valence-corrected chi connectivity index (χ3v) is 3.17. The van der Waals surface area contributed by atoms with Gasteiger partial charge in [-0.1, -0.05) is 59.3 Å². The molecule has 0 fully saturated rings. The van der Waals surface area contributed by atoms with Gasteiger partial charge in [0.25, 0.3) is 0 Å². The Morgan fingerprint density at radius 1 is 1.05 bits per heavy atom. The molecule has 1 N–H and O–H groups in total. The van der Waals surface area contributed by atoms with E-state index >= 15 is 0 Å². The van der Waals surface area contributed by atoms with E-state index in [0.717, 1.165) is 12.8 Å². The lowest BCUT2D eigenvalue weighted by molar-refractivity contribution is -0.145. The average molecular weight is 271 g/mol. The summed E-state index contributed by atoms with van der Waals surface area (Å²) in [5.41, 5.74) is 0. The summed E-state index contributed by atoms with van der Waals surface area (Å²) in [6.45, 7) is 5.82. The van der Waals surface area contributed by atoms with Crippen molar-refractivity contribution < 1.29 is 14.3 Å². The largest absolute Gasteiger partial charge is 0.467 e. The van der Waals surface area contributed by atoms with E-state index in [9.17, 15) is 9.59 Å². The average Bonchev–Trinajstić information content (AvgIpc) is 2.39. The first-order valence-electron chi connectivity index (χ1n) is 7.41. The molecule has 0 heterocycles. The van der Waals surface area contributed by atoms with Crippen molar-refractivity contribution in [3.8, 4) is 0 Å². The third-order valence-electron chi connectivity index (χ3n) is 3.17. The molecule has 0 aliphatic rings. The van der Waals surface area contributed by atoms with Crippen LogP contribution in [-0.2, 0) is 14.3 Å². The Balaban J connectivity index is 4.01. The van der Waals surface area contributed by atoms with E-state index in [-0.39, 0.29) is 17.8 Å². The maximum absolute atomic E-state index is 11.6. The quantitative estimate of drug-likeness (QED) is 0.491. The minimum absolute atomic E-state index is 0.0959. The van der Waals surface area contributed by atoms with Crippen molar-refractivity contribution in [2.45, 2.75) is 71.8 Å². The van der Waals surface area contributed by atoms with Crippen molar-refractivity contribution in [1.82, 2.24) is 5.32 Å². The van der Waals surface area contributed by atoms with Crippen LogP contribution in [0.4, 0.5) is 0 Å². The summed E-state index contributed by atoms with van der Waals surface area (Å²) in [5.74, 6) is -0.555. The van der Waals surface area contributed by atoms with Crippen molar-refractivity contribution in [2.75, 3.05) is 7.11 Å². The lowest BCUT2D eigenvalue weighted by Crippen LogP contribution is -2.43. The Morgan fingerprint density at radius 3 is 2.16 bits per heavy atom. The number of hydrogen-bond acceptors (Lipinski definition) is 3. The minimum Gasteiger partial charge on any atom is -0.467 e. The lowest BCUT2D eigenvalue weighted by Gasteiger charge is -2.17. The number of methoxy groups -OCH3 is 1. The van der Waals surface area contributed by atoms with Gasteiger partial charge in [-0.3, -0.25) is 4.79 Å². The van der Waals surface area contributed by atoms with Crippen LogP contribution in [-0.4, -0.2) is 25.0 Å². The Kier molecular flexibility index (Phi) is 10.2. The summed E-state index contributed by atoms with van der Waals surface area (Å²) in [7, 11) is 1.36. The molecule has 0 saturated heterocycles. The van der Waals surface area contributed by atoms with Crippen LogP contribution in [0, 0.1) is 5.92 Å². The van der Waals surface area contributed by atoms with E-state index in [1.165, 1.54) is 32.8 Å². The van der Waals surface area contributed by atoms with Crippen molar-refractivity contribution in [3.05, 3.63) is 0 Å². The van der Waals surface area contributed by atoms with Crippen LogP contribution in [0.25, 0.3) is 0 Å². The maximum Gasteiger partial charge on any atom is 0.328 e. The number of hydrogen-bond donors (Lipinski definition) is 1. The van der Waals surface area contributed by atoms with Crippen molar-refractivity contribution in [3.63, 3.8) is 0 Å². The Morgan fingerprint density at radius 2 is 1.63 bits per heavy atom. The zero-order chi connectivity index (χ0) is 14.7. The van der Waals surface area contributed by atoms with Gasteiger partial charge in [-0.25, -0.2) is 4.79 Å². The molecule has 0 unspecified atom stereocenters. The topological polar surface area (TPSA) is 55.4 Å². The van der Waals surface area contributed by atoms with E-state index in [0.29, 0.717) is 6.42 Å². The highest BCUT2D eigenvalue weighted by molar-refractivity contribution is 5.85. The van der Waals surface area contributed by atoms with Crippen LogP contribution < -0.4 is 5.32 Å². The molecule has 0 bridgehead atoms. The number of carbonyl (C=O) groups is 2. The summed E-state index contributed by atoms with van der Waals surface area (Å²) in [6, 6.07) is -0.494. The van der Waals surface area contributed by atoms with Crippen LogP contribution in [0.2, 0.25) is 0 Å².